The summed E-state index contributed by atoms with van der Waals surface area (Å²) in [4.78, 5) is 14.0. The Kier molecular flexibility index (Phi) is 6.02. The van der Waals surface area contributed by atoms with Gasteiger partial charge < -0.3 is 15.4 Å². The molecule has 1 aromatic carbocycles. The van der Waals surface area contributed by atoms with Crippen LogP contribution >= 0.6 is 0 Å². The molecule has 20 heavy (non-hydrogen) atoms. The first-order valence-corrected chi connectivity index (χ1v) is 7.12. The quantitative estimate of drug-likeness (QED) is 0.813. The molecule has 0 spiro atoms. The van der Waals surface area contributed by atoms with E-state index in [-0.39, 0.29) is 5.97 Å². The van der Waals surface area contributed by atoms with Crippen LogP contribution in [0.15, 0.2) is 30.3 Å². The third kappa shape index (κ3) is 5.61. The lowest BCUT2D eigenvalue weighted by molar-refractivity contribution is -0.156. The van der Waals surface area contributed by atoms with E-state index in [0.29, 0.717) is 6.42 Å². The highest BCUT2D eigenvalue weighted by Gasteiger charge is 2.22. The number of esters is 1. The van der Waals surface area contributed by atoms with E-state index in [1.54, 1.807) is 0 Å². The molecule has 0 bridgehead atoms. The fourth-order valence-electron chi connectivity index (χ4n) is 1.90. The van der Waals surface area contributed by atoms with Crippen LogP contribution in [0.5, 0.6) is 0 Å². The highest BCUT2D eigenvalue weighted by Crippen LogP contribution is 2.14. The molecule has 2 N–H and O–H groups in total. The zero-order chi connectivity index (χ0) is 15.2. The molecule has 1 rings (SSSR count). The van der Waals surface area contributed by atoms with Crippen molar-refractivity contribution in [3.8, 4) is 0 Å². The van der Waals surface area contributed by atoms with Gasteiger partial charge in [-0.1, -0.05) is 18.2 Å². The van der Waals surface area contributed by atoms with Crippen LogP contribution in [0, 0.1) is 0 Å². The van der Waals surface area contributed by atoms with Gasteiger partial charge in [0.25, 0.3) is 0 Å². The first-order chi connectivity index (χ1) is 9.33. The largest absolute Gasteiger partial charge is 0.459 e. The average molecular weight is 278 g/mol. The fraction of sp³-hybridized carbons (Fsp3) is 0.562. The molecule has 0 aliphatic rings. The van der Waals surface area contributed by atoms with Crippen LogP contribution in [0.25, 0.3) is 0 Å². The fourth-order valence-corrected chi connectivity index (χ4v) is 1.90. The Labute approximate surface area is 121 Å². The van der Waals surface area contributed by atoms with Gasteiger partial charge in [-0.15, -0.1) is 0 Å². The zero-order valence-corrected chi connectivity index (χ0v) is 12.9. The highest BCUT2D eigenvalue weighted by molar-refractivity contribution is 5.75. The maximum Gasteiger partial charge on any atom is 0.323 e. The predicted molar refractivity (Wildman–Crippen MR) is 82.8 cm³/mol. The molecule has 1 atom stereocenters. The Hall–Kier alpha value is -1.55. The molecule has 0 saturated carbocycles. The number of hydrogen-bond donors (Lipinski definition) is 1. The third-order valence-corrected chi connectivity index (χ3v) is 2.92. The van der Waals surface area contributed by atoms with Gasteiger partial charge in [0, 0.05) is 18.8 Å². The molecule has 0 aliphatic heterocycles. The summed E-state index contributed by atoms with van der Waals surface area (Å²) in [6.07, 6.45) is 0.581. The molecule has 1 unspecified atom stereocenters. The third-order valence-electron chi connectivity index (χ3n) is 2.92. The lowest BCUT2D eigenvalue weighted by atomic mass is 10.1. The first-order valence-electron chi connectivity index (χ1n) is 7.12. The van der Waals surface area contributed by atoms with E-state index < -0.39 is 11.6 Å². The first kappa shape index (κ1) is 16.5. The SMILES string of the molecule is CCN(CCC(N)C(=O)OC(C)(C)C)c1ccccc1. The van der Waals surface area contributed by atoms with Gasteiger partial charge in [-0.05, 0) is 46.2 Å². The van der Waals surface area contributed by atoms with E-state index in [0.717, 1.165) is 18.8 Å². The molecule has 0 heterocycles. The number of nitrogens with zero attached hydrogens (tertiary/aromatic N) is 1. The Morgan fingerprint density at radius 3 is 2.40 bits per heavy atom. The maximum absolute atomic E-state index is 11.8. The summed E-state index contributed by atoms with van der Waals surface area (Å²) < 4.78 is 5.29. The number of carbonyl (C=O) groups is 1. The minimum atomic E-state index is -0.577. The summed E-state index contributed by atoms with van der Waals surface area (Å²) in [5.74, 6) is -0.332. The van der Waals surface area contributed by atoms with E-state index in [1.165, 1.54) is 0 Å². The van der Waals surface area contributed by atoms with Crippen molar-refractivity contribution in [1.82, 2.24) is 0 Å². The van der Waals surface area contributed by atoms with Crippen LogP contribution in [-0.4, -0.2) is 30.7 Å². The second-order valence-corrected chi connectivity index (χ2v) is 5.84. The number of hydrogen-bond acceptors (Lipinski definition) is 4. The Balaban J connectivity index is 2.50. The number of benzene rings is 1. The molecule has 0 amide bonds. The molecule has 112 valence electrons. The van der Waals surface area contributed by atoms with Gasteiger partial charge in [0.2, 0.25) is 0 Å². The monoisotopic (exact) mass is 278 g/mol. The van der Waals surface area contributed by atoms with Crippen molar-refractivity contribution in [2.24, 2.45) is 5.73 Å². The summed E-state index contributed by atoms with van der Waals surface area (Å²) >= 11 is 0. The van der Waals surface area contributed by atoms with Crippen LogP contribution < -0.4 is 10.6 Å². The summed E-state index contributed by atoms with van der Waals surface area (Å²) in [6.45, 7) is 9.25. The van der Waals surface area contributed by atoms with Gasteiger partial charge in [0.05, 0.1) is 0 Å². The van der Waals surface area contributed by atoms with Crippen molar-refractivity contribution in [1.29, 1.82) is 0 Å². The van der Waals surface area contributed by atoms with E-state index in [9.17, 15) is 4.79 Å². The number of carbonyl (C=O) groups excluding carboxylic acids is 1. The molecule has 0 radical (unpaired) electrons. The Bertz CT molecular complexity index is 412. The molecule has 0 fully saturated rings. The van der Waals surface area contributed by atoms with Gasteiger partial charge >= 0.3 is 5.97 Å². The van der Waals surface area contributed by atoms with Crippen molar-refractivity contribution in [2.45, 2.75) is 45.8 Å². The molecule has 4 nitrogen and oxygen atoms in total. The lowest BCUT2D eigenvalue weighted by Gasteiger charge is -2.26. The molecular weight excluding hydrogens is 252 g/mol. The van der Waals surface area contributed by atoms with Gasteiger partial charge in [-0.25, -0.2) is 0 Å². The summed E-state index contributed by atoms with van der Waals surface area (Å²) in [6, 6.07) is 9.54. The molecular formula is C16H26N2O2. The smallest absolute Gasteiger partial charge is 0.323 e. The van der Waals surface area contributed by atoms with Crippen LogP contribution in [0.2, 0.25) is 0 Å². The summed E-state index contributed by atoms with van der Waals surface area (Å²) in [5, 5.41) is 0. The highest BCUT2D eigenvalue weighted by atomic mass is 16.6. The molecule has 1 aromatic rings. The van der Waals surface area contributed by atoms with Crippen molar-refractivity contribution < 1.29 is 9.53 Å². The standard InChI is InChI=1S/C16H26N2O2/c1-5-18(13-9-7-6-8-10-13)12-11-14(17)15(19)20-16(2,3)4/h6-10,14H,5,11-12,17H2,1-4H3. The van der Waals surface area contributed by atoms with E-state index >= 15 is 0 Å². The molecule has 0 saturated heterocycles. The van der Waals surface area contributed by atoms with E-state index in [4.69, 9.17) is 10.5 Å². The van der Waals surface area contributed by atoms with E-state index in [2.05, 4.69) is 24.0 Å². The van der Waals surface area contributed by atoms with Gasteiger partial charge in [-0.3, -0.25) is 4.79 Å². The topological polar surface area (TPSA) is 55.6 Å². The van der Waals surface area contributed by atoms with Crippen LogP contribution in [-0.2, 0) is 9.53 Å². The minimum absolute atomic E-state index is 0.332. The van der Waals surface area contributed by atoms with Crippen LogP contribution in [0.1, 0.15) is 34.1 Å². The molecule has 0 aliphatic carbocycles. The average Bonchev–Trinajstić information content (AvgIpc) is 2.38. The van der Waals surface area contributed by atoms with Crippen molar-refractivity contribution in [2.75, 3.05) is 18.0 Å². The predicted octanol–water partition coefficient (Wildman–Crippen LogP) is 2.57. The van der Waals surface area contributed by atoms with E-state index in [1.807, 2.05) is 39.0 Å². The number of rotatable bonds is 6. The van der Waals surface area contributed by atoms with Crippen LogP contribution in [0.4, 0.5) is 5.69 Å². The number of anilines is 1. The number of nitrogens with two attached hydrogens (primary N) is 1. The second kappa shape index (κ2) is 7.29. The molecule has 0 aromatic heterocycles. The molecule has 4 heteroatoms. The van der Waals surface area contributed by atoms with Gasteiger partial charge in [0.15, 0.2) is 0 Å². The zero-order valence-electron chi connectivity index (χ0n) is 12.9. The van der Waals surface area contributed by atoms with Crippen molar-refractivity contribution in [3.63, 3.8) is 0 Å². The number of ether oxygens (including phenoxy) is 1. The minimum Gasteiger partial charge on any atom is -0.459 e. The van der Waals surface area contributed by atoms with Gasteiger partial charge in [0.1, 0.15) is 11.6 Å². The maximum atomic E-state index is 11.8. The Morgan fingerprint density at radius 1 is 1.30 bits per heavy atom. The number of para-hydroxylation sites is 1. The normalized spacial score (nSPS) is 12.8. The Morgan fingerprint density at radius 2 is 1.90 bits per heavy atom. The van der Waals surface area contributed by atoms with Crippen molar-refractivity contribution in [3.05, 3.63) is 30.3 Å². The summed E-state index contributed by atoms with van der Waals surface area (Å²) in [7, 11) is 0. The van der Waals surface area contributed by atoms with Gasteiger partial charge in [-0.2, -0.15) is 0 Å². The summed E-state index contributed by atoms with van der Waals surface area (Å²) in [5.41, 5.74) is 6.56. The van der Waals surface area contributed by atoms with Crippen molar-refractivity contribution >= 4 is 11.7 Å². The lowest BCUT2D eigenvalue weighted by Crippen LogP contribution is -2.40. The second-order valence-electron chi connectivity index (χ2n) is 5.84. The van der Waals surface area contributed by atoms with Crippen LogP contribution in [0.3, 0.4) is 0 Å².